The van der Waals surface area contributed by atoms with E-state index in [2.05, 4.69) is 47.4 Å². The zero-order chi connectivity index (χ0) is 15.6. The van der Waals surface area contributed by atoms with Crippen molar-refractivity contribution < 1.29 is 4.79 Å². The predicted molar refractivity (Wildman–Crippen MR) is 90.4 cm³/mol. The zero-order valence-electron chi connectivity index (χ0n) is 12.1. The summed E-state index contributed by atoms with van der Waals surface area (Å²) >= 11 is 6.85. The van der Waals surface area contributed by atoms with Gasteiger partial charge in [-0.15, -0.1) is 0 Å². The Morgan fingerprint density at radius 2 is 1.81 bits per heavy atom. The highest BCUT2D eigenvalue weighted by Crippen LogP contribution is 2.26. The molecule has 2 rings (SSSR count). The number of carbonyl (C=O) groups is 1. The summed E-state index contributed by atoms with van der Waals surface area (Å²) in [4.78, 5) is 12.3. The number of carbonyl (C=O) groups excluding carboxylic acids is 1. The Balaban J connectivity index is 2.12. The molecule has 2 aromatic rings. The van der Waals surface area contributed by atoms with E-state index in [4.69, 9.17) is 0 Å². The fourth-order valence-electron chi connectivity index (χ4n) is 1.97. The molecule has 0 aliphatic heterocycles. The van der Waals surface area contributed by atoms with Gasteiger partial charge < -0.3 is 5.32 Å². The van der Waals surface area contributed by atoms with E-state index in [0.29, 0.717) is 5.69 Å². The van der Waals surface area contributed by atoms with Crippen LogP contribution in [0.15, 0.2) is 33.2 Å². The van der Waals surface area contributed by atoms with E-state index in [1.54, 1.807) is 0 Å². The summed E-state index contributed by atoms with van der Waals surface area (Å²) in [7, 11) is 0. The largest absolute Gasteiger partial charge is 0.344 e. The van der Waals surface area contributed by atoms with Crippen molar-refractivity contribution in [3.05, 3.63) is 50.2 Å². The third kappa shape index (κ3) is 3.74. The van der Waals surface area contributed by atoms with Crippen LogP contribution < -0.4 is 5.32 Å². The summed E-state index contributed by atoms with van der Waals surface area (Å²) < 4.78 is 1.75. The monoisotopic (exact) mass is 413 g/mol. The van der Waals surface area contributed by atoms with Gasteiger partial charge in [-0.3, -0.25) is 9.89 Å². The second-order valence-electron chi connectivity index (χ2n) is 5.20. The SMILES string of the molecule is CC(C)c1[nH]nc(C(=O)NC(C)c2ccc(Br)cc2)c1Br. The maximum absolute atomic E-state index is 12.3. The van der Waals surface area contributed by atoms with Crippen molar-refractivity contribution in [1.82, 2.24) is 15.5 Å². The van der Waals surface area contributed by atoms with Gasteiger partial charge in [0.15, 0.2) is 5.69 Å². The topological polar surface area (TPSA) is 57.8 Å². The lowest BCUT2D eigenvalue weighted by Gasteiger charge is -2.13. The van der Waals surface area contributed by atoms with Crippen molar-refractivity contribution in [1.29, 1.82) is 0 Å². The minimum absolute atomic E-state index is 0.0864. The lowest BCUT2D eigenvalue weighted by molar-refractivity contribution is 0.0934. The third-order valence-electron chi connectivity index (χ3n) is 3.24. The van der Waals surface area contributed by atoms with Crippen LogP contribution in [0.2, 0.25) is 0 Å². The molecule has 0 radical (unpaired) electrons. The zero-order valence-corrected chi connectivity index (χ0v) is 15.2. The van der Waals surface area contributed by atoms with E-state index in [9.17, 15) is 4.79 Å². The lowest BCUT2D eigenvalue weighted by atomic mass is 10.1. The van der Waals surface area contributed by atoms with Crippen molar-refractivity contribution in [2.45, 2.75) is 32.7 Å². The summed E-state index contributed by atoms with van der Waals surface area (Å²) in [5.74, 6) is 0.0813. The number of hydrogen-bond acceptors (Lipinski definition) is 2. The molecule has 0 bridgehead atoms. The van der Waals surface area contributed by atoms with Crippen LogP contribution in [-0.4, -0.2) is 16.1 Å². The van der Waals surface area contributed by atoms with Gasteiger partial charge in [0, 0.05) is 4.47 Å². The van der Waals surface area contributed by atoms with Crippen LogP contribution in [0.1, 0.15) is 54.5 Å². The number of aromatic amines is 1. The molecule has 2 N–H and O–H groups in total. The van der Waals surface area contributed by atoms with Crippen molar-refractivity contribution in [3.8, 4) is 0 Å². The molecule has 0 fully saturated rings. The third-order valence-corrected chi connectivity index (χ3v) is 4.57. The van der Waals surface area contributed by atoms with Gasteiger partial charge in [0.25, 0.3) is 5.91 Å². The Labute approximate surface area is 141 Å². The van der Waals surface area contributed by atoms with Gasteiger partial charge in [-0.05, 0) is 46.5 Å². The first kappa shape index (κ1) is 16.2. The molecule has 0 saturated heterocycles. The van der Waals surface area contributed by atoms with E-state index in [1.165, 1.54) is 0 Å². The number of H-pyrrole nitrogens is 1. The van der Waals surface area contributed by atoms with Crippen molar-refractivity contribution in [2.24, 2.45) is 0 Å². The minimum Gasteiger partial charge on any atom is -0.344 e. The van der Waals surface area contributed by atoms with Gasteiger partial charge in [-0.1, -0.05) is 41.9 Å². The van der Waals surface area contributed by atoms with E-state index in [1.807, 2.05) is 45.0 Å². The Kier molecular flexibility index (Phi) is 5.22. The van der Waals surface area contributed by atoms with E-state index >= 15 is 0 Å². The van der Waals surface area contributed by atoms with Crippen LogP contribution in [0, 0.1) is 0 Å². The first-order valence-corrected chi connectivity index (χ1v) is 8.28. The van der Waals surface area contributed by atoms with Crippen molar-refractivity contribution in [3.63, 3.8) is 0 Å². The smallest absolute Gasteiger partial charge is 0.273 e. The highest BCUT2D eigenvalue weighted by molar-refractivity contribution is 9.10. The van der Waals surface area contributed by atoms with Crippen LogP contribution in [0.3, 0.4) is 0 Å². The number of amides is 1. The summed E-state index contributed by atoms with van der Waals surface area (Å²) in [5.41, 5.74) is 2.36. The standard InChI is InChI=1S/C15H17Br2N3O/c1-8(2)13-12(17)14(20-19-13)15(21)18-9(3)10-4-6-11(16)7-5-10/h4-9H,1-3H3,(H,18,21)(H,19,20). The fourth-order valence-corrected chi connectivity index (χ4v) is 3.05. The Bertz CT molecular complexity index is 635. The summed E-state index contributed by atoms with van der Waals surface area (Å²) in [5, 5.41) is 9.98. The molecule has 1 aromatic heterocycles. The number of halogens is 2. The quantitative estimate of drug-likeness (QED) is 0.770. The Hall–Kier alpha value is -1.14. The fraction of sp³-hybridized carbons (Fsp3) is 0.333. The maximum atomic E-state index is 12.3. The number of hydrogen-bond donors (Lipinski definition) is 2. The molecule has 6 heteroatoms. The van der Waals surface area contributed by atoms with Crippen LogP contribution in [-0.2, 0) is 0 Å². The second-order valence-corrected chi connectivity index (χ2v) is 6.91. The van der Waals surface area contributed by atoms with Crippen LogP contribution in [0.25, 0.3) is 0 Å². The van der Waals surface area contributed by atoms with Crippen LogP contribution in [0.4, 0.5) is 0 Å². The van der Waals surface area contributed by atoms with Gasteiger partial charge in [0.05, 0.1) is 16.2 Å². The van der Waals surface area contributed by atoms with Gasteiger partial charge in [0.2, 0.25) is 0 Å². The highest BCUT2D eigenvalue weighted by atomic mass is 79.9. The molecular weight excluding hydrogens is 398 g/mol. The molecule has 1 unspecified atom stereocenters. The molecule has 0 saturated carbocycles. The molecule has 0 aliphatic rings. The highest BCUT2D eigenvalue weighted by Gasteiger charge is 2.20. The summed E-state index contributed by atoms with van der Waals surface area (Å²) in [6, 6.07) is 7.79. The molecule has 0 aliphatic carbocycles. The van der Waals surface area contributed by atoms with Crippen LogP contribution in [0.5, 0.6) is 0 Å². The van der Waals surface area contributed by atoms with Gasteiger partial charge in [0.1, 0.15) is 0 Å². The Morgan fingerprint density at radius 3 is 2.33 bits per heavy atom. The molecule has 1 atom stereocenters. The van der Waals surface area contributed by atoms with E-state index < -0.39 is 0 Å². The predicted octanol–water partition coefficient (Wildman–Crippen LogP) is 4.55. The van der Waals surface area contributed by atoms with Crippen molar-refractivity contribution in [2.75, 3.05) is 0 Å². The summed E-state index contributed by atoms with van der Waals surface area (Å²) in [6.45, 7) is 6.04. The molecule has 0 spiro atoms. The molecule has 1 heterocycles. The molecule has 1 aromatic carbocycles. The molecular formula is C15H17Br2N3O. The molecule has 1 amide bonds. The van der Waals surface area contributed by atoms with E-state index in [0.717, 1.165) is 20.2 Å². The number of nitrogens with zero attached hydrogens (tertiary/aromatic N) is 1. The number of nitrogens with one attached hydrogen (secondary N) is 2. The first-order valence-electron chi connectivity index (χ1n) is 6.70. The van der Waals surface area contributed by atoms with Crippen molar-refractivity contribution >= 4 is 37.8 Å². The first-order chi connectivity index (χ1) is 9.90. The average molecular weight is 415 g/mol. The number of benzene rings is 1. The minimum atomic E-state index is -0.194. The maximum Gasteiger partial charge on any atom is 0.273 e. The van der Waals surface area contributed by atoms with Gasteiger partial charge in [-0.2, -0.15) is 5.10 Å². The molecule has 21 heavy (non-hydrogen) atoms. The second kappa shape index (κ2) is 6.75. The average Bonchev–Trinajstić information content (AvgIpc) is 2.81. The molecule has 4 nitrogen and oxygen atoms in total. The number of aromatic nitrogens is 2. The molecule has 112 valence electrons. The van der Waals surface area contributed by atoms with Gasteiger partial charge >= 0.3 is 0 Å². The number of rotatable bonds is 4. The van der Waals surface area contributed by atoms with E-state index in [-0.39, 0.29) is 17.9 Å². The summed E-state index contributed by atoms with van der Waals surface area (Å²) in [6.07, 6.45) is 0. The normalized spacial score (nSPS) is 12.5. The Morgan fingerprint density at radius 1 is 1.19 bits per heavy atom. The van der Waals surface area contributed by atoms with Gasteiger partial charge in [-0.25, -0.2) is 0 Å². The van der Waals surface area contributed by atoms with Crippen LogP contribution >= 0.6 is 31.9 Å². The lowest BCUT2D eigenvalue weighted by Crippen LogP contribution is -2.27.